The van der Waals surface area contributed by atoms with Gasteiger partial charge in [0.2, 0.25) is 0 Å². The number of halogens is 1. The molecule has 6 heteroatoms. The van der Waals surface area contributed by atoms with Gasteiger partial charge in [0.15, 0.2) is 0 Å². The third-order valence-corrected chi connectivity index (χ3v) is 2.05. The van der Waals surface area contributed by atoms with Crippen LogP contribution < -0.4 is 11.4 Å². The van der Waals surface area contributed by atoms with E-state index in [4.69, 9.17) is 11.0 Å². The van der Waals surface area contributed by atoms with E-state index in [-0.39, 0.29) is 12.2 Å². The van der Waals surface area contributed by atoms with Crippen molar-refractivity contribution in [3.63, 3.8) is 0 Å². The predicted octanol–water partition coefficient (Wildman–Crippen LogP) is 0.502. The maximum atomic E-state index is 11.1. The zero-order valence-corrected chi connectivity index (χ0v) is 8.28. The van der Waals surface area contributed by atoms with Crippen molar-refractivity contribution in [2.45, 2.75) is 13.0 Å². The van der Waals surface area contributed by atoms with Crippen molar-refractivity contribution in [3.8, 4) is 6.07 Å². The Balaban J connectivity index is 3.03. The topological polar surface area (TPSA) is 84.7 Å². The molecule has 0 unspecified atom stereocenters. The molecule has 5 nitrogen and oxygen atoms in total. The molecule has 0 amide bonds. The van der Waals surface area contributed by atoms with E-state index in [1.807, 2.05) is 6.07 Å². The highest BCUT2D eigenvalue weighted by molar-refractivity contribution is 9.10. The highest BCUT2D eigenvalue weighted by Crippen LogP contribution is 2.12. The average Bonchev–Trinajstić information content (AvgIpc) is 2.09. The quantitative estimate of drug-likeness (QED) is 0.819. The Kier molecular flexibility index (Phi) is 3.03. The number of aromatic nitrogens is 2. The van der Waals surface area contributed by atoms with Crippen LogP contribution in [0.25, 0.3) is 0 Å². The molecule has 0 atom stereocenters. The highest BCUT2D eigenvalue weighted by atomic mass is 79.9. The van der Waals surface area contributed by atoms with Crippen molar-refractivity contribution < 1.29 is 0 Å². The summed E-state index contributed by atoms with van der Waals surface area (Å²) >= 11 is 3.14. The van der Waals surface area contributed by atoms with Crippen LogP contribution in [-0.4, -0.2) is 9.55 Å². The van der Waals surface area contributed by atoms with Crippen LogP contribution in [0.2, 0.25) is 0 Å². The van der Waals surface area contributed by atoms with Crippen LogP contribution in [0.5, 0.6) is 0 Å². The maximum absolute atomic E-state index is 11.1. The minimum absolute atomic E-state index is 0.165. The first-order valence-corrected chi connectivity index (χ1v) is 4.34. The number of rotatable bonds is 2. The van der Waals surface area contributed by atoms with E-state index in [1.165, 1.54) is 10.8 Å². The largest absolute Gasteiger partial charge is 0.383 e. The number of anilines is 1. The van der Waals surface area contributed by atoms with Crippen molar-refractivity contribution in [3.05, 3.63) is 21.2 Å². The second-order valence-corrected chi connectivity index (χ2v) is 3.21. The third-order valence-electron chi connectivity index (χ3n) is 1.44. The summed E-state index contributed by atoms with van der Waals surface area (Å²) in [6.45, 7) is 0.335. The van der Waals surface area contributed by atoms with Crippen LogP contribution in [0.3, 0.4) is 0 Å². The molecule has 68 valence electrons. The zero-order chi connectivity index (χ0) is 9.84. The van der Waals surface area contributed by atoms with Crippen molar-refractivity contribution >= 4 is 21.7 Å². The Labute approximate surface area is 82.9 Å². The minimum atomic E-state index is -0.434. The maximum Gasteiger partial charge on any atom is 0.349 e. The molecule has 0 saturated heterocycles. The average molecular weight is 243 g/mol. The number of hydrogen-bond acceptors (Lipinski definition) is 4. The van der Waals surface area contributed by atoms with Gasteiger partial charge in [0.05, 0.1) is 17.0 Å². The molecule has 1 aromatic rings. The van der Waals surface area contributed by atoms with E-state index in [0.29, 0.717) is 11.0 Å². The van der Waals surface area contributed by atoms with E-state index < -0.39 is 5.69 Å². The zero-order valence-electron chi connectivity index (χ0n) is 6.70. The predicted molar refractivity (Wildman–Crippen MR) is 50.8 cm³/mol. The molecule has 1 rings (SSSR count). The van der Waals surface area contributed by atoms with Crippen molar-refractivity contribution in [1.29, 1.82) is 5.26 Å². The molecule has 1 heterocycles. The van der Waals surface area contributed by atoms with Crippen LogP contribution in [-0.2, 0) is 6.54 Å². The van der Waals surface area contributed by atoms with E-state index in [9.17, 15) is 4.79 Å². The van der Waals surface area contributed by atoms with Crippen molar-refractivity contribution in [2.24, 2.45) is 0 Å². The number of nitriles is 1. The van der Waals surface area contributed by atoms with Crippen LogP contribution >= 0.6 is 15.9 Å². The van der Waals surface area contributed by atoms with Gasteiger partial charge in [0, 0.05) is 12.7 Å². The van der Waals surface area contributed by atoms with Gasteiger partial charge in [-0.15, -0.1) is 0 Å². The minimum Gasteiger partial charge on any atom is -0.383 e. The van der Waals surface area contributed by atoms with Gasteiger partial charge >= 0.3 is 5.69 Å². The Morgan fingerprint density at radius 3 is 3.08 bits per heavy atom. The SMILES string of the molecule is N#CCCn1cc(Br)c(N)nc1=O. The summed E-state index contributed by atoms with van der Waals surface area (Å²) in [5.74, 6) is 0.165. The Morgan fingerprint density at radius 1 is 1.77 bits per heavy atom. The molecule has 2 N–H and O–H groups in total. The molecule has 0 spiro atoms. The van der Waals surface area contributed by atoms with Crippen molar-refractivity contribution in [1.82, 2.24) is 9.55 Å². The second-order valence-electron chi connectivity index (χ2n) is 2.36. The number of hydrogen-bond donors (Lipinski definition) is 1. The summed E-state index contributed by atoms with van der Waals surface area (Å²) in [6, 6.07) is 1.94. The van der Waals surface area contributed by atoms with Gasteiger partial charge in [-0.1, -0.05) is 0 Å². The third kappa shape index (κ3) is 2.29. The monoisotopic (exact) mass is 242 g/mol. The van der Waals surface area contributed by atoms with Crippen LogP contribution in [0, 0.1) is 11.3 Å². The molecular formula is C7H7BrN4O. The Morgan fingerprint density at radius 2 is 2.46 bits per heavy atom. The first-order chi connectivity index (χ1) is 6.15. The first-order valence-electron chi connectivity index (χ1n) is 3.54. The molecule has 13 heavy (non-hydrogen) atoms. The van der Waals surface area contributed by atoms with E-state index in [1.54, 1.807) is 0 Å². The number of nitrogens with zero attached hydrogens (tertiary/aromatic N) is 3. The van der Waals surface area contributed by atoms with Crippen LogP contribution in [0.4, 0.5) is 5.82 Å². The van der Waals surface area contributed by atoms with Gasteiger partial charge in [-0.2, -0.15) is 10.2 Å². The molecule has 1 aromatic heterocycles. The van der Waals surface area contributed by atoms with Gasteiger partial charge in [-0.3, -0.25) is 4.57 Å². The molecule has 0 fully saturated rings. The van der Waals surface area contributed by atoms with Crippen molar-refractivity contribution in [2.75, 3.05) is 5.73 Å². The lowest BCUT2D eigenvalue weighted by Crippen LogP contribution is -2.23. The summed E-state index contributed by atoms with van der Waals surface area (Å²) in [5.41, 5.74) is 4.95. The summed E-state index contributed by atoms with van der Waals surface area (Å²) in [7, 11) is 0. The fourth-order valence-electron chi connectivity index (χ4n) is 0.809. The Bertz CT molecular complexity index is 406. The molecule has 0 aromatic carbocycles. The lowest BCUT2D eigenvalue weighted by atomic mass is 10.4. The van der Waals surface area contributed by atoms with E-state index in [2.05, 4.69) is 20.9 Å². The molecule has 0 saturated carbocycles. The van der Waals surface area contributed by atoms with Gasteiger partial charge < -0.3 is 5.73 Å². The van der Waals surface area contributed by atoms with Gasteiger partial charge in [-0.05, 0) is 15.9 Å². The fraction of sp³-hybridized carbons (Fsp3) is 0.286. The van der Waals surface area contributed by atoms with Crippen LogP contribution in [0.15, 0.2) is 15.5 Å². The fourth-order valence-corrected chi connectivity index (χ4v) is 1.15. The van der Waals surface area contributed by atoms with E-state index >= 15 is 0 Å². The van der Waals surface area contributed by atoms with Gasteiger partial charge in [0.25, 0.3) is 0 Å². The molecular weight excluding hydrogens is 236 g/mol. The highest BCUT2D eigenvalue weighted by Gasteiger charge is 2.02. The van der Waals surface area contributed by atoms with Gasteiger partial charge in [-0.25, -0.2) is 4.79 Å². The summed E-state index contributed by atoms with van der Waals surface area (Å²) in [5, 5.41) is 8.32. The smallest absolute Gasteiger partial charge is 0.349 e. The molecule has 0 aliphatic carbocycles. The number of nitrogen functional groups attached to an aromatic ring is 1. The standard InChI is InChI=1S/C7H7BrN4O/c8-5-4-12(3-1-2-9)7(13)11-6(5)10/h4H,1,3H2,(H2,10,11,13). The lowest BCUT2D eigenvalue weighted by molar-refractivity contribution is 0.662. The van der Waals surface area contributed by atoms with Crippen LogP contribution in [0.1, 0.15) is 6.42 Å². The van der Waals surface area contributed by atoms with Gasteiger partial charge in [0.1, 0.15) is 5.82 Å². The summed E-state index contributed by atoms with van der Waals surface area (Å²) in [4.78, 5) is 14.7. The summed E-state index contributed by atoms with van der Waals surface area (Å²) < 4.78 is 1.90. The second kappa shape index (κ2) is 4.05. The normalized spacial score (nSPS) is 9.54. The Hall–Kier alpha value is -1.35. The van der Waals surface area contributed by atoms with E-state index in [0.717, 1.165) is 0 Å². The molecule has 0 aliphatic heterocycles. The lowest BCUT2D eigenvalue weighted by Gasteiger charge is -2.03. The first kappa shape index (κ1) is 9.74. The molecule has 0 radical (unpaired) electrons. The number of nitrogens with two attached hydrogens (primary N) is 1. The molecule has 0 aliphatic rings. The summed E-state index contributed by atoms with van der Waals surface area (Å²) in [6.07, 6.45) is 1.81. The number of aryl methyl sites for hydroxylation is 1. The molecule has 0 bridgehead atoms.